The van der Waals surface area contributed by atoms with Crippen LogP contribution in [0.5, 0.6) is 0 Å². The van der Waals surface area contributed by atoms with Gasteiger partial charge in [-0.25, -0.2) is 28.1 Å². The van der Waals surface area contributed by atoms with Crippen molar-refractivity contribution in [2.75, 3.05) is 17.7 Å². The first-order chi connectivity index (χ1) is 15.6. The lowest BCUT2D eigenvalue weighted by molar-refractivity contribution is 0.0499. The highest BCUT2D eigenvalue weighted by Crippen LogP contribution is 2.42. The van der Waals surface area contributed by atoms with E-state index < -0.39 is 24.2 Å². The van der Waals surface area contributed by atoms with E-state index in [0.29, 0.717) is 28.6 Å². The minimum atomic E-state index is -2.49. The Bertz CT molecular complexity index is 1010. The molecule has 0 saturated carbocycles. The molecule has 0 aliphatic carbocycles. The summed E-state index contributed by atoms with van der Waals surface area (Å²) in [4.78, 5) is 15.3. The minimum Gasteiger partial charge on any atom is -0.352 e. The number of hydrogen-bond donors (Lipinski definition) is 0. The quantitative estimate of drug-likeness (QED) is 0.226. The van der Waals surface area contributed by atoms with Gasteiger partial charge >= 0.3 is 0 Å². The van der Waals surface area contributed by atoms with Crippen LogP contribution < -0.4 is 4.90 Å². The first-order valence-corrected chi connectivity index (χ1v) is 13.0. The molecule has 5 atom stereocenters. The highest BCUT2D eigenvalue weighted by molar-refractivity contribution is 7.98. The van der Waals surface area contributed by atoms with Crippen LogP contribution in [0, 0.1) is 29.5 Å². The van der Waals surface area contributed by atoms with Gasteiger partial charge in [0.1, 0.15) is 11.3 Å². The van der Waals surface area contributed by atoms with Gasteiger partial charge in [-0.05, 0) is 42.9 Å². The molecule has 3 heterocycles. The molecule has 2 aromatic rings. The predicted molar refractivity (Wildman–Crippen MR) is 132 cm³/mol. The van der Waals surface area contributed by atoms with Crippen molar-refractivity contribution in [3.63, 3.8) is 0 Å². The summed E-state index contributed by atoms with van der Waals surface area (Å²) in [6.45, 7) is 12.3. The largest absolute Gasteiger partial charge is 0.352 e. The molecule has 182 valence electrons. The molecule has 0 aromatic carbocycles. The van der Waals surface area contributed by atoms with E-state index in [2.05, 4.69) is 37.3 Å². The van der Waals surface area contributed by atoms with Crippen molar-refractivity contribution < 1.29 is 13.2 Å². The maximum atomic E-state index is 15.1. The van der Waals surface area contributed by atoms with Crippen molar-refractivity contribution >= 4 is 46.2 Å². The van der Waals surface area contributed by atoms with Gasteiger partial charge in [-0.2, -0.15) is 0 Å². The van der Waals surface area contributed by atoms with Crippen molar-refractivity contribution in [3.8, 4) is 0 Å². The van der Waals surface area contributed by atoms with Gasteiger partial charge in [0.2, 0.25) is 6.43 Å². The Morgan fingerprint density at radius 3 is 2.52 bits per heavy atom. The fourth-order valence-electron chi connectivity index (χ4n) is 4.98. The van der Waals surface area contributed by atoms with E-state index >= 15 is 4.39 Å². The average molecular weight is 501 g/mol. The maximum Gasteiger partial charge on any atom is 0.243 e. The fraction of sp³-hybridized carbons (Fsp3) is 0.625. The number of pyridine rings is 1. The van der Waals surface area contributed by atoms with Crippen molar-refractivity contribution in [2.45, 2.75) is 64.6 Å². The molecule has 4 nitrogen and oxygen atoms in total. The molecular weight excluding hydrogens is 469 g/mol. The summed E-state index contributed by atoms with van der Waals surface area (Å²) in [7, 11) is 0. The molecule has 33 heavy (non-hydrogen) atoms. The van der Waals surface area contributed by atoms with Crippen LogP contribution in [0.3, 0.4) is 0 Å². The summed E-state index contributed by atoms with van der Waals surface area (Å²) >= 11 is 7.32. The normalized spacial score (nSPS) is 23.6. The highest BCUT2D eigenvalue weighted by atomic mass is 35.5. The van der Waals surface area contributed by atoms with Crippen LogP contribution in [0.15, 0.2) is 11.7 Å². The number of anilines is 1. The minimum absolute atomic E-state index is 0.0414. The number of rotatable bonds is 7. The van der Waals surface area contributed by atoms with Crippen LogP contribution in [0.4, 0.5) is 19.0 Å². The van der Waals surface area contributed by atoms with Crippen molar-refractivity contribution in [3.05, 3.63) is 23.2 Å². The van der Waals surface area contributed by atoms with Crippen LogP contribution in [0.2, 0.25) is 5.15 Å². The summed E-state index contributed by atoms with van der Waals surface area (Å²) in [5.41, 5.74) is 0.388. The third-order valence-corrected chi connectivity index (χ3v) is 7.79. The molecule has 3 rings (SSSR count). The summed E-state index contributed by atoms with van der Waals surface area (Å²) in [6, 6.07) is -0.464. The lowest BCUT2D eigenvalue weighted by Gasteiger charge is -2.42. The second-order valence-corrected chi connectivity index (χ2v) is 10.3. The number of halogens is 4. The Balaban J connectivity index is 2.37. The monoisotopic (exact) mass is 500 g/mol. The summed E-state index contributed by atoms with van der Waals surface area (Å²) < 4.78 is 43.6. The third-order valence-electron chi connectivity index (χ3n) is 6.99. The Kier molecular flexibility index (Phi) is 8.54. The SMILES string of the molecule is C=Cc1nc(Cl)c(F)c2nc(SC)nc(N3CC(C)CCC(C(C)CC)C3C(C)C(F)F)c12. The zero-order valence-electron chi connectivity index (χ0n) is 19.8. The third kappa shape index (κ3) is 5.11. The first-order valence-electron chi connectivity index (χ1n) is 11.4. The molecule has 0 radical (unpaired) electrons. The Morgan fingerprint density at radius 2 is 1.94 bits per heavy atom. The molecule has 0 N–H and O–H groups in total. The standard InChI is InChI=1S/C24H32ClF3N4S/c1-7-13(4)15-10-9-12(3)11-32(20(15)14(5)22(27)28)23-17-16(8-2)29-21(25)18(26)19(17)30-24(31-23)33-6/h8,12-15,20,22H,2,7,9-11H2,1,3-6H3. The zero-order chi connectivity index (χ0) is 24.4. The number of nitrogens with zero attached hydrogens (tertiary/aromatic N) is 4. The number of alkyl halides is 2. The molecular formula is C24H32ClF3N4S. The summed E-state index contributed by atoms with van der Waals surface area (Å²) in [5.74, 6) is -0.650. The second-order valence-electron chi connectivity index (χ2n) is 9.13. The van der Waals surface area contributed by atoms with E-state index in [1.807, 2.05) is 4.90 Å². The lowest BCUT2D eigenvalue weighted by atomic mass is 9.77. The summed E-state index contributed by atoms with van der Waals surface area (Å²) in [6.07, 6.45) is 3.48. The summed E-state index contributed by atoms with van der Waals surface area (Å²) in [5, 5.41) is 0.426. The molecule has 1 aliphatic heterocycles. The van der Waals surface area contributed by atoms with Gasteiger partial charge in [0.05, 0.1) is 11.1 Å². The first kappa shape index (κ1) is 26.1. The second kappa shape index (κ2) is 10.8. The Morgan fingerprint density at radius 1 is 1.24 bits per heavy atom. The highest BCUT2D eigenvalue weighted by Gasteiger charge is 2.42. The molecule has 0 amide bonds. The van der Waals surface area contributed by atoms with Crippen molar-refractivity contribution in [1.82, 2.24) is 15.0 Å². The Hall–Kier alpha value is -1.54. The van der Waals surface area contributed by atoms with Gasteiger partial charge in [0.15, 0.2) is 16.1 Å². The van der Waals surface area contributed by atoms with Crippen LogP contribution in [0.25, 0.3) is 17.0 Å². The van der Waals surface area contributed by atoms with Gasteiger partial charge in [-0.1, -0.05) is 64.1 Å². The molecule has 2 aromatic heterocycles. The number of hydrogen-bond acceptors (Lipinski definition) is 5. The smallest absolute Gasteiger partial charge is 0.243 e. The van der Waals surface area contributed by atoms with Gasteiger partial charge in [0, 0.05) is 18.5 Å². The lowest BCUT2D eigenvalue weighted by Crippen LogP contribution is -2.49. The van der Waals surface area contributed by atoms with E-state index in [-0.39, 0.29) is 28.4 Å². The predicted octanol–water partition coefficient (Wildman–Crippen LogP) is 7.35. The maximum absolute atomic E-state index is 15.1. The van der Waals surface area contributed by atoms with Crippen molar-refractivity contribution in [2.24, 2.45) is 23.7 Å². The molecule has 9 heteroatoms. The Labute approximate surface area is 203 Å². The molecule has 0 spiro atoms. The van der Waals surface area contributed by atoms with E-state index in [4.69, 9.17) is 16.6 Å². The van der Waals surface area contributed by atoms with E-state index in [9.17, 15) is 8.78 Å². The van der Waals surface area contributed by atoms with Crippen LogP contribution in [-0.4, -0.2) is 40.2 Å². The van der Waals surface area contributed by atoms with Gasteiger partial charge in [0.25, 0.3) is 0 Å². The average Bonchev–Trinajstić information content (AvgIpc) is 2.98. The molecule has 1 fully saturated rings. The fourth-order valence-corrected chi connectivity index (χ4v) is 5.52. The van der Waals surface area contributed by atoms with E-state index in [1.54, 1.807) is 13.2 Å². The van der Waals surface area contributed by atoms with Crippen LogP contribution in [0.1, 0.15) is 52.7 Å². The van der Waals surface area contributed by atoms with Gasteiger partial charge < -0.3 is 4.90 Å². The molecule has 1 aliphatic rings. The van der Waals surface area contributed by atoms with Crippen molar-refractivity contribution in [1.29, 1.82) is 0 Å². The number of thioether (sulfide) groups is 1. The molecule has 5 unspecified atom stereocenters. The number of aromatic nitrogens is 3. The van der Waals surface area contributed by atoms with Crippen LogP contribution >= 0.6 is 23.4 Å². The van der Waals surface area contributed by atoms with Gasteiger partial charge in [-0.3, -0.25) is 0 Å². The zero-order valence-corrected chi connectivity index (χ0v) is 21.4. The molecule has 1 saturated heterocycles. The topological polar surface area (TPSA) is 41.9 Å². The number of fused-ring (bicyclic) bond motifs is 1. The van der Waals surface area contributed by atoms with E-state index in [1.165, 1.54) is 17.8 Å². The van der Waals surface area contributed by atoms with E-state index in [0.717, 1.165) is 19.3 Å². The van der Waals surface area contributed by atoms with Gasteiger partial charge in [-0.15, -0.1) is 0 Å². The van der Waals surface area contributed by atoms with Crippen LogP contribution in [-0.2, 0) is 0 Å². The molecule has 0 bridgehead atoms.